The Balaban J connectivity index is 0.000000120. The minimum atomic E-state index is -0.476. The summed E-state index contributed by atoms with van der Waals surface area (Å²) < 4.78 is 37.9. The van der Waals surface area contributed by atoms with E-state index in [1.165, 1.54) is 108 Å². The molecule has 0 radical (unpaired) electrons. The molecule has 398 valence electrons. The summed E-state index contributed by atoms with van der Waals surface area (Å²) in [6.07, 6.45) is 0. The molecule has 3 aliphatic heterocycles. The van der Waals surface area contributed by atoms with Crippen LogP contribution in [-0.4, -0.2) is 54.7 Å². The van der Waals surface area contributed by atoms with Crippen LogP contribution < -0.4 is 5.46 Å². The van der Waals surface area contributed by atoms with Gasteiger partial charge in [0, 0.05) is 4.47 Å². The highest BCUT2D eigenvalue weighted by Crippen LogP contribution is 2.46. The van der Waals surface area contributed by atoms with Gasteiger partial charge in [0.25, 0.3) is 0 Å². The molecule has 12 aromatic carbocycles. The first kappa shape index (κ1) is 53.0. The number of rotatable bonds is 4. The summed E-state index contributed by atoms with van der Waals surface area (Å²) in [5.41, 5.74) is 4.05. The van der Waals surface area contributed by atoms with Crippen molar-refractivity contribution in [2.75, 3.05) is 0 Å². The van der Waals surface area contributed by atoms with Crippen LogP contribution in [0.5, 0.6) is 0 Å². The maximum atomic E-state index is 6.46. The van der Waals surface area contributed by atoms with E-state index >= 15 is 0 Å². The molecule has 3 aliphatic rings. The Morgan fingerprint density at radius 2 is 0.575 bits per heavy atom. The molecule has 0 bridgehead atoms. The SMILES string of the molecule is Brc1ccc2ccc3c(-c4cccc5ccccc45)ccc4ccc1c2c43.CC1(C)OB(B2OC(C)(C)C(C)(C)O2)OC1(C)C.CC1(C)OB(c2ccc3ccc4c(-c5cccc6ccccc56)ccc5ccc2c3c54)OC1(C)C. The molecule has 0 unspecified atom stereocenters. The lowest BCUT2D eigenvalue weighted by atomic mass is 9.49. The van der Waals surface area contributed by atoms with E-state index in [4.69, 9.17) is 27.9 Å². The molecule has 12 aromatic rings. The Morgan fingerprint density at radius 3 is 1.02 bits per heavy atom. The molecule has 0 atom stereocenters. The smallest absolute Gasteiger partial charge is 0.405 e. The maximum Gasteiger partial charge on any atom is 0.495 e. The standard InChI is InChI=1S/C32H27BO2.C26H15Br.C12H24B2O4/c1-31(2)32(3,4)35-33(34-31)28-19-15-22-13-17-26-25(16-12-21-14-18-27(28)30(22)29(21)26)24-11-7-9-20-8-5-6-10-23(20)24;27-24-15-11-18-9-13-22-21(12-8-17-10-14-23(24)26(18)25(17)22)20-7-3-5-16-4-1-2-6-19(16)20;1-9(2)10(3,4)16-13(15-9)14-17-11(5,6)12(7,8)18-14/h5-19H,1-4H3;1-15H;1-8H3. The van der Waals surface area contributed by atoms with E-state index in [1.807, 2.05) is 55.4 Å². The number of hydrogen-bond donors (Lipinski definition) is 0. The van der Waals surface area contributed by atoms with Crippen LogP contribution in [0.25, 0.3) is 108 Å². The Morgan fingerprint density at radius 1 is 0.263 bits per heavy atom. The van der Waals surface area contributed by atoms with Gasteiger partial charge >= 0.3 is 21.1 Å². The van der Waals surface area contributed by atoms with Gasteiger partial charge in [-0.3, -0.25) is 0 Å². The van der Waals surface area contributed by atoms with E-state index in [2.05, 4.69) is 226 Å². The zero-order chi connectivity index (χ0) is 55.9. The topological polar surface area (TPSA) is 55.4 Å². The quantitative estimate of drug-likeness (QED) is 0.129. The summed E-state index contributed by atoms with van der Waals surface area (Å²) in [5.74, 6) is 0. The van der Waals surface area contributed by atoms with Gasteiger partial charge < -0.3 is 27.9 Å². The number of hydrogen-bond acceptors (Lipinski definition) is 6. The van der Waals surface area contributed by atoms with Gasteiger partial charge in [-0.05, 0) is 203 Å². The third-order valence-electron chi connectivity index (χ3n) is 18.7. The summed E-state index contributed by atoms with van der Waals surface area (Å²) in [4.78, 5) is 0. The van der Waals surface area contributed by atoms with Crippen LogP contribution in [0.4, 0.5) is 0 Å². The van der Waals surface area contributed by atoms with Crippen LogP contribution in [0.1, 0.15) is 83.1 Å². The van der Waals surface area contributed by atoms with E-state index in [9.17, 15) is 0 Å². The molecule has 10 heteroatoms. The molecule has 3 saturated heterocycles. The Bertz CT molecular complexity index is 4300. The summed E-state index contributed by atoms with van der Waals surface area (Å²) in [5, 5.41) is 20.6. The fraction of sp³-hybridized carbons (Fsp3) is 0.257. The van der Waals surface area contributed by atoms with Gasteiger partial charge in [0.2, 0.25) is 0 Å². The molecule has 0 N–H and O–H groups in total. The highest BCUT2D eigenvalue weighted by molar-refractivity contribution is 9.10. The van der Waals surface area contributed by atoms with Crippen molar-refractivity contribution in [3.8, 4) is 22.3 Å². The third kappa shape index (κ3) is 8.55. The van der Waals surface area contributed by atoms with Crippen LogP contribution in [0.15, 0.2) is 186 Å². The van der Waals surface area contributed by atoms with Crippen LogP contribution in [0, 0.1) is 0 Å². The molecule has 0 amide bonds. The highest BCUT2D eigenvalue weighted by atomic mass is 79.9. The molecular formula is C70H66B3BrO6. The van der Waals surface area contributed by atoms with Crippen molar-refractivity contribution in [3.63, 3.8) is 0 Å². The Hall–Kier alpha value is -6.33. The molecule has 3 fully saturated rings. The van der Waals surface area contributed by atoms with Gasteiger partial charge in [0.15, 0.2) is 0 Å². The molecule has 3 heterocycles. The predicted molar refractivity (Wildman–Crippen MR) is 342 cm³/mol. The summed E-state index contributed by atoms with van der Waals surface area (Å²) in [7, 11) is -1.34. The summed E-state index contributed by atoms with van der Waals surface area (Å²) in [6.45, 7) is 24.7. The van der Waals surface area contributed by atoms with Gasteiger partial charge in [-0.15, -0.1) is 0 Å². The minimum absolute atomic E-state index is 0.360. The lowest BCUT2D eigenvalue weighted by Crippen LogP contribution is -2.41. The van der Waals surface area contributed by atoms with E-state index in [-0.39, 0.29) is 40.7 Å². The van der Waals surface area contributed by atoms with Gasteiger partial charge in [0.05, 0.1) is 33.6 Å². The lowest BCUT2D eigenvalue weighted by Gasteiger charge is -2.32. The lowest BCUT2D eigenvalue weighted by molar-refractivity contribution is 0.00578. The molecule has 0 saturated carbocycles. The first-order valence-electron chi connectivity index (χ1n) is 28.1. The van der Waals surface area contributed by atoms with Crippen molar-refractivity contribution in [1.82, 2.24) is 0 Å². The maximum absolute atomic E-state index is 6.46. The second-order valence-electron chi connectivity index (χ2n) is 25.2. The first-order chi connectivity index (χ1) is 38.0. The second kappa shape index (κ2) is 18.9. The average molecular weight is 1120 g/mol. The molecule has 15 rings (SSSR count). The van der Waals surface area contributed by atoms with E-state index < -0.39 is 14.0 Å². The zero-order valence-corrected chi connectivity index (χ0v) is 49.5. The van der Waals surface area contributed by atoms with Gasteiger partial charge in [-0.2, -0.15) is 0 Å². The van der Waals surface area contributed by atoms with Gasteiger partial charge in [-0.25, -0.2) is 0 Å². The predicted octanol–water partition coefficient (Wildman–Crippen LogP) is 18.1. The van der Waals surface area contributed by atoms with Crippen molar-refractivity contribution in [3.05, 3.63) is 186 Å². The molecule has 80 heavy (non-hydrogen) atoms. The first-order valence-corrected chi connectivity index (χ1v) is 28.9. The Kier molecular flexibility index (Phi) is 12.5. The van der Waals surface area contributed by atoms with Crippen LogP contribution in [-0.2, 0) is 27.9 Å². The van der Waals surface area contributed by atoms with Crippen molar-refractivity contribution in [2.24, 2.45) is 0 Å². The molecule has 6 nitrogen and oxygen atoms in total. The second-order valence-corrected chi connectivity index (χ2v) is 26.0. The fourth-order valence-corrected chi connectivity index (χ4v) is 12.6. The minimum Gasteiger partial charge on any atom is -0.405 e. The number of halogens is 1. The van der Waals surface area contributed by atoms with Crippen molar-refractivity contribution >= 4 is 129 Å². The van der Waals surface area contributed by atoms with Crippen LogP contribution in [0.2, 0.25) is 0 Å². The van der Waals surface area contributed by atoms with Crippen molar-refractivity contribution in [1.29, 1.82) is 0 Å². The monoisotopic (exact) mass is 1110 g/mol. The van der Waals surface area contributed by atoms with E-state index in [0.29, 0.717) is 0 Å². The van der Waals surface area contributed by atoms with Crippen LogP contribution in [0.3, 0.4) is 0 Å². The number of fused-ring (bicyclic) bond motifs is 2. The van der Waals surface area contributed by atoms with E-state index in [0.717, 1.165) is 9.94 Å². The van der Waals surface area contributed by atoms with Gasteiger partial charge in [-0.1, -0.05) is 192 Å². The van der Waals surface area contributed by atoms with Crippen LogP contribution >= 0.6 is 15.9 Å². The summed E-state index contributed by atoms with van der Waals surface area (Å²) >= 11 is 3.74. The van der Waals surface area contributed by atoms with Gasteiger partial charge in [0.1, 0.15) is 0 Å². The zero-order valence-electron chi connectivity index (χ0n) is 47.9. The molecule has 0 spiro atoms. The Labute approximate surface area is 479 Å². The highest BCUT2D eigenvalue weighted by Gasteiger charge is 2.64. The number of benzene rings is 12. The fourth-order valence-electron chi connectivity index (χ4n) is 12.2. The third-order valence-corrected chi connectivity index (χ3v) is 19.4. The largest absolute Gasteiger partial charge is 0.495 e. The van der Waals surface area contributed by atoms with Crippen molar-refractivity contribution in [2.45, 2.75) is 117 Å². The van der Waals surface area contributed by atoms with Crippen molar-refractivity contribution < 1.29 is 27.9 Å². The molecular weight excluding hydrogens is 1050 g/mol. The molecule has 0 aromatic heterocycles. The normalized spacial score (nSPS) is 18.8. The average Bonchev–Trinajstić information content (AvgIpc) is 3.95. The molecule has 0 aliphatic carbocycles. The van der Waals surface area contributed by atoms with E-state index in [1.54, 1.807) is 0 Å². The summed E-state index contributed by atoms with van der Waals surface area (Å²) in [6, 6.07) is 66.3.